The Labute approximate surface area is 287 Å². The van der Waals surface area contributed by atoms with Crippen LogP contribution in [0, 0.1) is 0 Å². The number of aromatic nitrogens is 4. The van der Waals surface area contributed by atoms with Crippen LogP contribution < -0.4 is 0 Å². The fourth-order valence-corrected chi connectivity index (χ4v) is 8.12. The Hall–Kier alpha value is -6.78. The van der Waals surface area contributed by atoms with Crippen LogP contribution in [0.4, 0.5) is 0 Å². The number of hydrogen-bond donors (Lipinski definition) is 0. The quantitative estimate of drug-likeness (QED) is 0.193. The molecule has 0 bridgehead atoms. The molecule has 4 heteroatoms. The summed E-state index contributed by atoms with van der Waals surface area (Å²) < 4.78 is 4.66. The van der Waals surface area contributed by atoms with Crippen LogP contribution in [0.2, 0.25) is 0 Å². The standard InChI is InChI=1S/C46H28N4/c1-2-14-31(15-3-1)45-36-19-8-10-20-38(36)47-46(48-45)50-39-21-11-9-18-35(39)37-28-32(24-27-40(37)50)49-41-25-22-29-12-4-6-16-33(29)43(41)44-34-17-7-5-13-30(34)23-26-42(44)49/h1-28H. The molecule has 0 saturated heterocycles. The van der Waals surface area contributed by atoms with Crippen molar-refractivity contribution in [2.75, 3.05) is 0 Å². The van der Waals surface area contributed by atoms with Crippen LogP contribution >= 0.6 is 0 Å². The van der Waals surface area contributed by atoms with Gasteiger partial charge in [0, 0.05) is 38.2 Å². The summed E-state index contributed by atoms with van der Waals surface area (Å²) in [6.45, 7) is 0. The van der Waals surface area contributed by atoms with E-state index in [1.54, 1.807) is 0 Å². The van der Waals surface area contributed by atoms with Gasteiger partial charge in [0.15, 0.2) is 0 Å². The van der Waals surface area contributed by atoms with Crippen LogP contribution in [0.5, 0.6) is 0 Å². The third-order valence-corrected chi connectivity index (χ3v) is 10.3. The Morgan fingerprint density at radius 1 is 0.360 bits per heavy atom. The van der Waals surface area contributed by atoms with Gasteiger partial charge in [0.2, 0.25) is 5.95 Å². The highest BCUT2D eigenvalue weighted by atomic mass is 15.2. The topological polar surface area (TPSA) is 35.6 Å². The molecular weight excluding hydrogens is 609 g/mol. The van der Waals surface area contributed by atoms with Crippen molar-refractivity contribution in [3.05, 3.63) is 170 Å². The summed E-state index contributed by atoms with van der Waals surface area (Å²) in [5.74, 6) is 0.663. The van der Waals surface area contributed by atoms with Crippen LogP contribution in [0.1, 0.15) is 0 Å². The lowest BCUT2D eigenvalue weighted by Gasteiger charge is -2.12. The van der Waals surface area contributed by atoms with Gasteiger partial charge >= 0.3 is 0 Å². The van der Waals surface area contributed by atoms with Crippen molar-refractivity contribution in [2.24, 2.45) is 0 Å². The fraction of sp³-hybridized carbons (Fsp3) is 0. The molecule has 0 N–H and O–H groups in total. The Bertz CT molecular complexity index is 3060. The summed E-state index contributed by atoms with van der Waals surface area (Å²) in [6.07, 6.45) is 0. The minimum atomic E-state index is 0.663. The van der Waals surface area contributed by atoms with E-state index in [1.807, 2.05) is 12.1 Å². The molecule has 3 heterocycles. The smallest absolute Gasteiger partial charge is 0.235 e. The van der Waals surface area contributed by atoms with Crippen LogP contribution in [0.3, 0.4) is 0 Å². The van der Waals surface area contributed by atoms with E-state index in [4.69, 9.17) is 9.97 Å². The van der Waals surface area contributed by atoms with E-state index in [0.717, 1.165) is 44.3 Å². The van der Waals surface area contributed by atoms with Crippen LogP contribution in [0.15, 0.2) is 170 Å². The predicted molar refractivity (Wildman–Crippen MR) is 209 cm³/mol. The second kappa shape index (κ2) is 10.4. The monoisotopic (exact) mass is 636 g/mol. The van der Waals surface area contributed by atoms with E-state index in [0.29, 0.717) is 5.95 Å². The summed E-state index contributed by atoms with van der Waals surface area (Å²) >= 11 is 0. The lowest BCUT2D eigenvalue weighted by molar-refractivity contribution is 1.01. The van der Waals surface area contributed by atoms with Crippen molar-refractivity contribution in [2.45, 2.75) is 0 Å². The molecule has 0 atom stereocenters. The van der Waals surface area contributed by atoms with E-state index in [2.05, 4.69) is 167 Å². The lowest BCUT2D eigenvalue weighted by Crippen LogP contribution is -2.03. The third kappa shape index (κ3) is 3.81. The number of fused-ring (bicyclic) bond motifs is 11. The van der Waals surface area contributed by atoms with Gasteiger partial charge in [-0.2, -0.15) is 0 Å². The van der Waals surface area contributed by atoms with Crippen LogP contribution in [-0.2, 0) is 0 Å². The molecular formula is C46H28N4. The first-order chi connectivity index (χ1) is 24.8. The predicted octanol–water partition coefficient (Wildman–Crippen LogP) is 11.8. The normalized spacial score (nSPS) is 12.0. The van der Waals surface area contributed by atoms with Crippen molar-refractivity contribution >= 4 is 76.1 Å². The van der Waals surface area contributed by atoms with Crippen LogP contribution in [-0.4, -0.2) is 19.1 Å². The zero-order valence-electron chi connectivity index (χ0n) is 27.0. The molecule has 0 fully saturated rings. The summed E-state index contributed by atoms with van der Waals surface area (Å²) in [6, 6.07) is 60.7. The highest BCUT2D eigenvalue weighted by Crippen LogP contribution is 2.42. The maximum Gasteiger partial charge on any atom is 0.235 e. The van der Waals surface area contributed by atoms with E-state index >= 15 is 0 Å². The summed E-state index contributed by atoms with van der Waals surface area (Å²) in [7, 11) is 0. The average Bonchev–Trinajstić information content (AvgIpc) is 3.71. The van der Waals surface area contributed by atoms with Gasteiger partial charge in [0.05, 0.1) is 33.3 Å². The molecule has 0 amide bonds. The largest absolute Gasteiger partial charge is 0.309 e. The van der Waals surface area contributed by atoms with E-state index in [-0.39, 0.29) is 0 Å². The molecule has 0 aliphatic heterocycles. The summed E-state index contributed by atoms with van der Waals surface area (Å²) in [5, 5.41) is 11.0. The fourth-order valence-electron chi connectivity index (χ4n) is 8.12. The zero-order chi connectivity index (χ0) is 32.8. The van der Waals surface area contributed by atoms with Crippen molar-refractivity contribution in [1.29, 1.82) is 0 Å². The van der Waals surface area contributed by atoms with Gasteiger partial charge in [0.1, 0.15) is 0 Å². The van der Waals surface area contributed by atoms with Crippen molar-refractivity contribution in [1.82, 2.24) is 19.1 Å². The highest BCUT2D eigenvalue weighted by Gasteiger charge is 2.20. The van der Waals surface area contributed by atoms with Gasteiger partial charge in [-0.25, -0.2) is 9.97 Å². The van der Waals surface area contributed by atoms with Crippen LogP contribution in [0.25, 0.3) is 99.0 Å². The Morgan fingerprint density at radius 3 is 1.64 bits per heavy atom. The molecule has 11 aromatic rings. The summed E-state index contributed by atoms with van der Waals surface area (Å²) in [4.78, 5) is 10.4. The van der Waals surface area contributed by atoms with Crippen molar-refractivity contribution in [3.8, 4) is 22.9 Å². The number of benzene rings is 8. The lowest BCUT2D eigenvalue weighted by atomic mass is 10.00. The van der Waals surface area contributed by atoms with Gasteiger partial charge in [0.25, 0.3) is 0 Å². The van der Waals surface area contributed by atoms with E-state index in [1.165, 1.54) is 48.7 Å². The molecule has 11 rings (SSSR count). The van der Waals surface area contributed by atoms with Gasteiger partial charge in [-0.1, -0.05) is 127 Å². The molecule has 0 aliphatic carbocycles. The Morgan fingerprint density at radius 2 is 0.920 bits per heavy atom. The molecule has 8 aromatic carbocycles. The van der Waals surface area contributed by atoms with Crippen molar-refractivity contribution < 1.29 is 0 Å². The molecule has 232 valence electrons. The first-order valence-electron chi connectivity index (χ1n) is 17.0. The maximum absolute atomic E-state index is 5.27. The second-order valence-electron chi connectivity index (χ2n) is 13.0. The van der Waals surface area contributed by atoms with Gasteiger partial charge in [-0.05, 0) is 64.0 Å². The minimum absolute atomic E-state index is 0.663. The summed E-state index contributed by atoms with van der Waals surface area (Å²) in [5.41, 5.74) is 8.58. The van der Waals surface area contributed by atoms with E-state index in [9.17, 15) is 0 Å². The van der Waals surface area contributed by atoms with E-state index < -0.39 is 0 Å². The number of rotatable bonds is 3. The molecule has 0 saturated carbocycles. The number of para-hydroxylation sites is 2. The third-order valence-electron chi connectivity index (χ3n) is 10.3. The number of hydrogen-bond acceptors (Lipinski definition) is 2. The number of nitrogens with zero attached hydrogens (tertiary/aromatic N) is 4. The average molecular weight is 637 g/mol. The van der Waals surface area contributed by atoms with Gasteiger partial charge < -0.3 is 4.57 Å². The molecule has 4 nitrogen and oxygen atoms in total. The van der Waals surface area contributed by atoms with Gasteiger partial charge in [-0.15, -0.1) is 0 Å². The molecule has 0 radical (unpaired) electrons. The minimum Gasteiger partial charge on any atom is -0.309 e. The highest BCUT2D eigenvalue weighted by molar-refractivity contribution is 6.28. The van der Waals surface area contributed by atoms with Gasteiger partial charge in [-0.3, -0.25) is 4.57 Å². The second-order valence-corrected chi connectivity index (χ2v) is 13.0. The molecule has 0 spiro atoms. The molecule has 50 heavy (non-hydrogen) atoms. The first kappa shape index (κ1) is 27.2. The zero-order valence-corrected chi connectivity index (χ0v) is 27.0. The Kier molecular flexibility index (Phi) is 5.63. The van der Waals surface area contributed by atoms with Crippen molar-refractivity contribution in [3.63, 3.8) is 0 Å². The molecule has 0 aliphatic rings. The first-order valence-corrected chi connectivity index (χ1v) is 17.0. The molecule has 3 aromatic heterocycles. The molecule has 0 unspecified atom stereocenters. The maximum atomic E-state index is 5.27. The SMILES string of the molecule is c1ccc(-c2nc(-n3c4ccccc4c4cc(-n5c6ccc7ccccc7c6c6c7ccccc7ccc65)ccc43)nc3ccccc23)cc1. The Balaban J connectivity index is 1.22.